The van der Waals surface area contributed by atoms with E-state index >= 15 is 0 Å². The van der Waals surface area contributed by atoms with E-state index < -0.39 is 10.0 Å². The van der Waals surface area contributed by atoms with Crippen LogP contribution in [-0.4, -0.2) is 27.4 Å². The summed E-state index contributed by atoms with van der Waals surface area (Å²) < 4.78 is 29.0. The molecule has 2 N–H and O–H groups in total. The first-order chi connectivity index (χ1) is 16.7. The fourth-order valence-electron chi connectivity index (χ4n) is 4.35. The van der Waals surface area contributed by atoms with Crippen molar-refractivity contribution in [1.82, 2.24) is 5.32 Å². The number of rotatable bonds is 7. The first-order valence-electron chi connectivity index (χ1n) is 12.1. The lowest BCUT2D eigenvalue weighted by Gasteiger charge is -2.28. The second-order valence-corrected chi connectivity index (χ2v) is 10.9. The number of piperidine rings is 1. The van der Waals surface area contributed by atoms with Crippen LogP contribution in [0.4, 0.5) is 11.4 Å². The van der Waals surface area contributed by atoms with Crippen molar-refractivity contribution >= 4 is 27.3 Å². The Morgan fingerprint density at radius 3 is 2.31 bits per heavy atom. The molecule has 4 rings (SSSR count). The average Bonchev–Trinajstić information content (AvgIpc) is 2.86. The van der Waals surface area contributed by atoms with Gasteiger partial charge in [-0.25, -0.2) is 8.42 Å². The Kier molecular flexibility index (Phi) is 7.45. The van der Waals surface area contributed by atoms with Gasteiger partial charge in [0.2, 0.25) is 0 Å². The molecule has 7 heteroatoms. The normalized spacial score (nSPS) is 14.0. The molecule has 1 aliphatic rings. The largest absolute Gasteiger partial charge is 0.372 e. The minimum absolute atomic E-state index is 0.0944. The fourth-order valence-corrected chi connectivity index (χ4v) is 5.75. The summed E-state index contributed by atoms with van der Waals surface area (Å²) in [6.07, 6.45) is 3.75. The summed E-state index contributed by atoms with van der Waals surface area (Å²) in [5.41, 5.74) is 5.50. The van der Waals surface area contributed by atoms with Gasteiger partial charge in [-0.1, -0.05) is 30.3 Å². The van der Waals surface area contributed by atoms with E-state index in [1.165, 1.54) is 31.0 Å². The molecule has 0 radical (unpaired) electrons. The minimum atomic E-state index is -3.86. The van der Waals surface area contributed by atoms with Gasteiger partial charge in [-0.3, -0.25) is 9.52 Å². The highest BCUT2D eigenvalue weighted by molar-refractivity contribution is 7.92. The number of hydrogen-bond donors (Lipinski definition) is 2. The fraction of sp³-hybridized carbons (Fsp3) is 0.321. The van der Waals surface area contributed by atoms with Crippen LogP contribution in [0.2, 0.25) is 0 Å². The molecule has 0 spiro atoms. The number of nitrogens with one attached hydrogen (secondary N) is 2. The predicted octanol–water partition coefficient (Wildman–Crippen LogP) is 5.33. The summed E-state index contributed by atoms with van der Waals surface area (Å²) in [4.78, 5) is 15.3. The number of anilines is 2. The highest BCUT2D eigenvalue weighted by Gasteiger charge is 2.20. The summed E-state index contributed by atoms with van der Waals surface area (Å²) in [6, 6.07) is 18.5. The van der Waals surface area contributed by atoms with Crippen LogP contribution in [0.3, 0.4) is 0 Å². The minimum Gasteiger partial charge on any atom is -0.372 e. The summed E-state index contributed by atoms with van der Waals surface area (Å²) in [7, 11) is -3.86. The van der Waals surface area contributed by atoms with Crippen LogP contribution >= 0.6 is 0 Å². The zero-order chi connectivity index (χ0) is 25.0. The lowest BCUT2D eigenvalue weighted by atomic mass is 10.1. The number of sulfonamides is 1. The highest BCUT2D eigenvalue weighted by Crippen LogP contribution is 2.25. The second-order valence-electron chi connectivity index (χ2n) is 9.23. The van der Waals surface area contributed by atoms with E-state index in [9.17, 15) is 13.2 Å². The van der Waals surface area contributed by atoms with Crippen molar-refractivity contribution in [1.29, 1.82) is 0 Å². The molecule has 1 amide bonds. The molecule has 1 fully saturated rings. The van der Waals surface area contributed by atoms with Gasteiger partial charge < -0.3 is 10.2 Å². The van der Waals surface area contributed by atoms with Gasteiger partial charge in [-0.05, 0) is 92.6 Å². The van der Waals surface area contributed by atoms with Crippen LogP contribution in [-0.2, 0) is 16.6 Å². The molecule has 6 nitrogen and oxygen atoms in total. The van der Waals surface area contributed by atoms with Crippen LogP contribution in [0, 0.1) is 20.8 Å². The van der Waals surface area contributed by atoms with E-state index in [0.717, 1.165) is 29.8 Å². The van der Waals surface area contributed by atoms with Crippen molar-refractivity contribution < 1.29 is 13.2 Å². The van der Waals surface area contributed by atoms with Crippen molar-refractivity contribution in [3.8, 4) is 0 Å². The number of amides is 1. The Balaban J connectivity index is 1.45. The number of nitrogens with zero attached hydrogens (tertiary/aromatic N) is 1. The van der Waals surface area contributed by atoms with E-state index in [1.807, 2.05) is 38.1 Å². The molecule has 0 aliphatic carbocycles. The van der Waals surface area contributed by atoms with Crippen molar-refractivity contribution in [2.45, 2.75) is 51.5 Å². The Labute approximate surface area is 208 Å². The average molecular weight is 492 g/mol. The molecule has 0 saturated carbocycles. The smallest absolute Gasteiger partial charge is 0.262 e. The number of carbonyl (C=O) groups excluding carboxylic acids is 1. The SMILES string of the molecule is Cc1ccc(C(=O)NCc2ccc(N3CCCCC3)cc2)cc1S(=O)(=O)Nc1cccc(C)c1C. The molecule has 1 aliphatic heterocycles. The predicted molar refractivity (Wildman–Crippen MR) is 142 cm³/mol. The molecule has 0 aromatic heterocycles. The third-order valence-corrected chi connectivity index (χ3v) is 8.21. The summed E-state index contributed by atoms with van der Waals surface area (Å²) >= 11 is 0. The molecule has 0 bridgehead atoms. The molecule has 3 aromatic rings. The van der Waals surface area contributed by atoms with Crippen LogP contribution < -0.4 is 14.9 Å². The van der Waals surface area contributed by atoms with Gasteiger partial charge in [0.1, 0.15) is 0 Å². The maximum absolute atomic E-state index is 13.2. The molecular weight excluding hydrogens is 458 g/mol. The van der Waals surface area contributed by atoms with Gasteiger partial charge in [0.15, 0.2) is 0 Å². The van der Waals surface area contributed by atoms with Gasteiger partial charge in [0.05, 0.1) is 10.6 Å². The van der Waals surface area contributed by atoms with Crippen LogP contribution in [0.1, 0.15) is 51.9 Å². The number of hydrogen-bond acceptors (Lipinski definition) is 4. The molecular formula is C28H33N3O3S. The topological polar surface area (TPSA) is 78.5 Å². The monoisotopic (exact) mass is 491 g/mol. The molecule has 184 valence electrons. The van der Waals surface area contributed by atoms with E-state index in [-0.39, 0.29) is 10.8 Å². The van der Waals surface area contributed by atoms with Crippen LogP contribution in [0.25, 0.3) is 0 Å². The van der Waals surface area contributed by atoms with E-state index in [4.69, 9.17) is 0 Å². The Hall–Kier alpha value is -3.32. The summed E-state index contributed by atoms with van der Waals surface area (Å²) in [5.74, 6) is -0.312. The first-order valence-corrected chi connectivity index (χ1v) is 13.5. The molecule has 3 aromatic carbocycles. The van der Waals surface area contributed by atoms with E-state index in [2.05, 4.69) is 27.1 Å². The van der Waals surface area contributed by atoms with Crippen molar-refractivity contribution in [3.63, 3.8) is 0 Å². The third kappa shape index (κ3) is 5.85. The van der Waals surface area contributed by atoms with Crippen molar-refractivity contribution in [2.75, 3.05) is 22.7 Å². The molecule has 1 heterocycles. The standard InChI is InChI=1S/C28H33N3O3S/c1-20-8-7-9-26(22(20)3)30-35(33,34)27-18-24(13-10-21(27)2)28(32)29-19-23-11-14-25(15-12-23)31-16-5-4-6-17-31/h7-15,18,30H,4-6,16-17,19H2,1-3H3,(H,29,32). The molecule has 1 saturated heterocycles. The molecule has 35 heavy (non-hydrogen) atoms. The zero-order valence-electron chi connectivity index (χ0n) is 20.6. The lowest BCUT2D eigenvalue weighted by molar-refractivity contribution is 0.0950. The maximum atomic E-state index is 13.2. The quantitative estimate of drug-likeness (QED) is 0.468. The Morgan fingerprint density at radius 2 is 1.60 bits per heavy atom. The van der Waals surface area contributed by atoms with Gasteiger partial charge in [0, 0.05) is 30.9 Å². The van der Waals surface area contributed by atoms with Gasteiger partial charge in [-0.15, -0.1) is 0 Å². The van der Waals surface area contributed by atoms with E-state index in [1.54, 1.807) is 25.1 Å². The number of benzene rings is 3. The number of aryl methyl sites for hydroxylation is 2. The Bertz CT molecular complexity index is 1310. The van der Waals surface area contributed by atoms with Gasteiger partial charge in [-0.2, -0.15) is 0 Å². The maximum Gasteiger partial charge on any atom is 0.262 e. The second kappa shape index (κ2) is 10.5. The lowest BCUT2D eigenvalue weighted by Crippen LogP contribution is -2.29. The van der Waals surface area contributed by atoms with Crippen molar-refractivity contribution in [3.05, 3.63) is 88.5 Å². The molecule has 0 unspecified atom stereocenters. The van der Waals surface area contributed by atoms with Gasteiger partial charge >= 0.3 is 0 Å². The first kappa shape index (κ1) is 24.8. The summed E-state index contributed by atoms with van der Waals surface area (Å²) in [6.45, 7) is 8.09. The van der Waals surface area contributed by atoms with Crippen LogP contribution in [0.5, 0.6) is 0 Å². The van der Waals surface area contributed by atoms with Crippen LogP contribution in [0.15, 0.2) is 65.6 Å². The molecule has 0 atom stereocenters. The zero-order valence-corrected chi connectivity index (χ0v) is 21.4. The van der Waals surface area contributed by atoms with Crippen molar-refractivity contribution in [2.24, 2.45) is 0 Å². The highest BCUT2D eigenvalue weighted by atomic mass is 32.2. The van der Waals surface area contributed by atoms with E-state index in [0.29, 0.717) is 23.4 Å². The van der Waals surface area contributed by atoms with Gasteiger partial charge in [0.25, 0.3) is 15.9 Å². The third-order valence-electron chi connectivity index (χ3n) is 6.70. The summed E-state index contributed by atoms with van der Waals surface area (Å²) in [5, 5.41) is 2.91. The Morgan fingerprint density at radius 1 is 0.886 bits per heavy atom. The number of carbonyl (C=O) groups is 1.